The van der Waals surface area contributed by atoms with Crippen molar-refractivity contribution in [2.45, 2.75) is 0 Å². The first-order valence-corrected chi connectivity index (χ1v) is 4.87. The molecule has 0 heterocycles. The number of allylic oxidation sites excluding steroid dienone is 5. The molecule has 1 aliphatic rings. The Bertz CT molecular complexity index is 531. The van der Waals surface area contributed by atoms with Gasteiger partial charge in [-0.15, -0.1) is 0 Å². The summed E-state index contributed by atoms with van der Waals surface area (Å²) < 4.78 is 0. The smallest absolute Gasteiger partial charge is 0.0791 e. The fraction of sp³-hybridized carbons (Fsp3) is 0. The van der Waals surface area contributed by atoms with Crippen LogP contribution in [-0.2, 0) is 0 Å². The van der Waals surface area contributed by atoms with E-state index in [9.17, 15) is 0 Å². The molecule has 0 spiro atoms. The molecule has 1 N–H and O–H groups in total. The molecule has 0 aliphatic heterocycles. The van der Waals surface area contributed by atoms with E-state index in [4.69, 9.17) is 5.11 Å². The van der Waals surface area contributed by atoms with Gasteiger partial charge in [0.05, 0.1) is 6.26 Å². The third kappa shape index (κ3) is 2.08. The highest BCUT2D eigenvalue weighted by Crippen LogP contribution is 2.04. The van der Waals surface area contributed by atoms with Crippen LogP contribution in [0.4, 0.5) is 0 Å². The maximum absolute atomic E-state index is 8.64. The first-order valence-electron chi connectivity index (χ1n) is 4.87. The molecule has 0 amide bonds. The van der Waals surface area contributed by atoms with Gasteiger partial charge in [-0.25, -0.2) is 0 Å². The third-order valence-electron chi connectivity index (χ3n) is 2.30. The minimum Gasteiger partial charge on any atom is -0.516 e. The van der Waals surface area contributed by atoms with Gasteiger partial charge in [0.15, 0.2) is 0 Å². The van der Waals surface area contributed by atoms with E-state index in [1.807, 2.05) is 36.4 Å². The Balaban J connectivity index is 2.72. The topological polar surface area (TPSA) is 20.2 Å². The molecule has 0 saturated heterocycles. The van der Waals surface area contributed by atoms with E-state index in [2.05, 4.69) is 18.2 Å². The van der Waals surface area contributed by atoms with Gasteiger partial charge in [-0.2, -0.15) is 0 Å². The fourth-order valence-corrected chi connectivity index (χ4v) is 1.61. The van der Waals surface area contributed by atoms with Gasteiger partial charge >= 0.3 is 0 Å². The van der Waals surface area contributed by atoms with Crippen LogP contribution in [0.15, 0.2) is 60.9 Å². The van der Waals surface area contributed by atoms with Gasteiger partial charge in [0.2, 0.25) is 0 Å². The van der Waals surface area contributed by atoms with Crippen LogP contribution in [0.3, 0.4) is 0 Å². The van der Waals surface area contributed by atoms with E-state index in [-0.39, 0.29) is 0 Å². The lowest BCUT2D eigenvalue weighted by Crippen LogP contribution is -2.25. The van der Waals surface area contributed by atoms with Gasteiger partial charge in [0.1, 0.15) is 0 Å². The maximum atomic E-state index is 8.64. The van der Waals surface area contributed by atoms with Crippen LogP contribution in [0.1, 0.15) is 0 Å². The van der Waals surface area contributed by atoms with E-state index in [0.717, 1.165) is 11.5 Å². The Hall–Kier alpha value is -2.02. The van der Waals surface area contributed by atoms with Gasteiger partial charge in [-0.1, -0.05) is 54.6 Å². The Morgan fingerprint density at radius 3 is 2.47 bits per heavy atom. The summed E-state index contributed by atoms with van der Waals surface area (Å²) in [5, 5.41) is 10.9. The summed E-state index contributed by atoms with van der Waals surface area (Å²) >= 11 is 0. The quantitative estimate of drug-likeness (QED) is 0.679. The lowest BCUT2D eigenvalue weighted by molar-refractivity contribution is 0.474. The lowest BCUT2D eigenvalue weighted by atomic mass is 10.1. The molecule has 1 nitrogen and oxygen atoms in total. The van der Waals surface area contributed by atoms with Crippen molar-refractivity contribution in [3.05, 3.63) is 71.3 Å². The molecular weight excluding hydrogens is 184 g/mol. The average molecular weight is 196 g/mol. The van der Waals surface area contributed by atoms with E-state index in [1.165, 1.54) is 10.8 Å². The van der Waals surface area contributed by atoms with E-state index in [1.54, 1.807) is 6.08 Å². The normalized spacial score (nSPS) is 15.7. The van der Waals surface area contributed by atoms with Crippen LogP contribution >= 0.6 is 0 Å². The van der Waals surface area contributed by atoms with Gasteiger partial charge in [0, 0.05) is 0 Å². The molecule has 0 fully saturated rings. The molecule has 2 rings (SSSR count). The largest absolute Gasteiger partial charge is 0.516 e. The second-order valence-corrected chi connectivity index (χ2v) is 3.27. The Morgan fingerprint density at radius 1 is 1.00 bits per heavy atom. The number of aliphatic hydroxyl groups excluding tert-OH is 1. The van der Waals surface area contributed by atoms with E-state index in [0.29, 0.717) is 0 Å². The monoisotopic (exact) mass is 196 g/mol. The van der Waals surface area contributed by atoms with Gasteiger partial charge in [0.25, 0.3) is 0 Å². The van der Waals surface area contributed by atoms with Gasteiger partial charge in [-0.3, -0.25) is 0 Å². The second kappa shape index (κ2) is 4.47. The summed E-state index contributed by atoms with van der Waals surface area (Å²) in [5.41, 5.74) is 1.20. The molecule has 0 unspecified atom stereocenters. The predicted octanol–water partition coefficient (Wildman–Crippen LogP) is 1.82. The highest BCUT2D eigenvalue weighted by molar-refractivity contribution is 5.71. The minimum atomic E-state index is 1.04. The van der Waals surface area contributed by atoms with Crippen molar-refractivity contribution in [2.75, 3.05) is 0 Å². The highest BCUT2D eigenvalue weighted by Gasteiger charge is 1.93. The van der Waals surface area contributed by atoms with E-state index >= 15 is 0 Å². The predicted molar refractivity (Wildman–Crippen MR) is 63.6 cm³/mol. The van der Waals surface area contributed by atoms with Gasteiger partial charge in [-0.05, 0) is 22.1 Å². The molecule has 74 valence electrons. The molecule has 1 aliphatic carbocycles. The molecule has 0 atom stereocenters. The second-order valence-electron chi connectivity index (χ2n) is 3.27. The number of aliphatic hydroxyl groups is 1. The van der Waals surface area contributed by atoms with Crippen LogP contribution < -0.4 is 10.4 Å². The number of hydrogen-bond acceptors (Lipinski definition) is 1. The Labute approximate surface area is 88.7 Å². The maximum Gasteiger partial charge on any atom is 0.0791 e. The van der Waals surface area contributed by atoms with Crippen molar-refractivity contribution < 1.29 is 5.11 Å². The van der Waals surface area contributed by atoms with Crippen molar-refractivity contribution in [2.24, 2.45) is 0 Å². The zero-order valence-electron chi connectivity index (χ0n) is 8.30. The summed E-state index contributed by atoms with van der Waals surface area (Å²) in [7, 11) is 0. The summed E-state index contributed by atoms with van der Waals surface area (Å²) in [6.07, 6.45) is 12.8. The molecule has 0 saturated carbocycles. The number of hydrogen-bond donors (Lipinski definition) is 1. The molecule has 0 bridgehead atoms. The molecule has 1 aromatic carbocycles. The summed E-state index contributed by atoms with van der Waals surface area (Å²) in [6.45, 7) is 0. The first-order chi connectivity index (χ1) is 7.42. The zero-order valence-corrected chi connectivity index (χ0v) is 8.30. The zero-order chi connectivity index (χ0) is 10.5. The van der Waals surface area contributed by atoms with Crippen LogP contribution in [0.2, 0.25) is 0 Å². The van der Waals surface area contributed by atoms with E-state index < -0.39 is 0 Å². The van der Waals surface area contributed by atoms with Crippen molar-refractivity contribution in [3.8, 4) is 0 Å². The van der Waals surface area contributed by atoms with Crippen LogP contribution in [0.25, 0.3) is 11.6 Å². The minimum absolute atomic E-state index is 1.04. The molecule has 0 radical (unpaired) electrons. The fourth-order valence-electron chi connectivity index (χ4n) is 1.61. The van der Waals surface area contributed by atoms with Crippen LogP contribution in [0, 0.1) is 0 Å². The van der Waals surface area contributed by atoms with Crippen molar-refractivity contribution in [1.29, 1.82) is 0 Å². The molecular formula is C14H12O. The summed E-state index contributed by atoms with van der Waals surface area (Å²) in [5.74, 6) is 0. The molecule has 1 heteroatoms. The molecule has 15 heavy (non-hydrogen) atoms. The molecule has 0 aromatic heterocycles. The molecule has 1 aromatic rings. The first kappa shape index (κ1) is 9.53. The SMILES string of the molecule is OC=CC=c1ccccc1=C1C=CC=C1. The standard InChI is InChI=1S/C14H12O/c15-11-5-9-13-8-3-4-10-14(13)12-6-1-2-7-12/h1-11,15H. The third-order valence-corrected chi connectivity index (χ3v) is 2.30. The van der Waals surface area contributed by atoms with Gasteiger partial charge < -0.3 is 5.11 Å². The van der Waals surface area contributed by atoms with Crippen LogP contribution in [-0.4, -0.2) is 5.11 Å². The van der Waals surface area contributed by atoms with Crippen LogP contribution in [0.5, 0.6) is 0 Å². The van der Waals surface area contributed by atoms with Crippen molar-refractivity contribution >= 4 is 11.6 Å². The Kier molecular flexibility index (Phi) is 2.84. The number of rotatable bonds is 1. The number of benzene rings is 1. The lowest BCUT2D eigenvalue weighted by Gasteiger charge is -1.93. The van der Waals surface area contributed by atoms with Crippen molar-refractivity contribution in [1.82, 2.24) is 0 Å². The summed E-state index contributed by atoms with van der Waals surface area (Å²) in [6, 6.07) is 8.11. The Morgan fingerprint density at radius 2 is 1.73 bits per heavy atom. The highest BCUT2D eigenvalue weighted by atomic mass is 16.2. The van der Waals surface area contributed by atoms with Crippen molar-refractivity contribution in [3.63, 3.8) is 0 Å². The summed E-state index contributed by atoms with van der Waals surface area (Å²) in [4.78, 5) is 0. The average Bonchev–Trinajstić information content (AvgIpc) is 2.80.